The number of pyridine rings is 1. The van der Waals surface area contributed by atoms with Crippen LogP contribution in [0.3, 0.4) is 0 Å². The number of nitrogens with two attached hydrogens (primary N) is 1. The van der Waals surface area contributed by atoms with Crippen molar-refractivity contribution in [3.8, 4) is 0 Å². The summed E-state index contributed by atoms with van der Waals surface area (Å²) in [7, 11) is 0. The molecule has 0 amide bonds. The quantitative estimate of drug-likeness (QED) is 0.282. The van der Waals surface area contributed by atoms with Crippen molar-refractivity contribution in [2.24, 2.45) is 0 Å². The highest BCUT2D eigenvalue weighted by Gasteiger charge is 1.99. The molecule has 0 aliphatic rings. The van der Waals surface area contributed by atoms with Gasteiger partial charge in [0.25, 0.3) is 5.03 Å². The van der Waals surface area contributed by atoms with Gasteiger partial charge in [-0.05, 0) is 6.07 Å². The molecule has 0 aromatic carbocycles. The van der Waals surface area contributed by atoms with E-state index in [4.69, 9.17) is 5.73 Å². The minimum Gasteiger partial charge on any atom is -0.397 e. The van der Waals surface area contributed by atoms with Crippen LogP contribution in [0.25, 0.3) is 0 Å². The van der Waals surface area contributed by atoms with Crippen molar-refractivity contribution in [2.45, 2.75) is 4.90 Å². The molecule has 0 radical (unpaired) electrons. The Bertz CT molecular complexity index is 461. The first-order valence-corrected chi connectivity index (χ1v) is 6.07. The summed E-state index contributed by atoms with van der Waals surface area (Å²) >= 11 is 5.22. The van der Waals surface area contributed by atoms with Gasteiger partial charge < -0.3 is 5.73 Å². The van der Waals surface area contributed by atoms with Crippen molar-refractivity contribution < 1.29 is 4.92 Å². The average molecular weight is 269 g/mol. The zero-order chi connectivity index (χ0) is 12.7. The molecule has 1 aromatic rings. The van der Waals surface area contributed by atoms with Crippen LogP contribution in [0.1, 0.15) is 0 Å². The number of anilines is 1. The maximum absolute atomic E-state index is 10.2. The lowest BCUT2D eigenvalue weighted by molar-refractivity contribution is -0.410. The second-order valence-corrected chi connectivity index (χ2v) is 4.45. The highest BCUT2D eigenvalue weighted by molar-refractivity contribution is 7.99. The van der Waals surface area contributed by atoms with E-state index in [9.17, 15) is 10.1 Å². The van der Waals surface area contributed by atoms with E-state index in [2.05, 4.69) is 17.6 Å². The Morgan fingerprint density at radius 1 is 1.71 bits per heavy atom. The van der Waals surface area contributed by atoms with Gasteiger partial charge in [0.1, 0.15) is 0 Å². The van der Waals surface area contributed by atoms with Crippen LogP contribution in [0.4, 0.5) is 5.69 Å². The smallest absolute Gasteiger partial charge is 0.300 e. The normalized spacial score (nSPS) is 11.9. The molecule has 0 atom stereocenters. The second kappa shape index (κ2) is 6.97. The zero-order valence-corrected chi connectivity index (χ0v) is 10.5. The van der Waals surface area contributed by atoms with Crippen molar-refractivity contribution in [1.29, 1.82) is 0 Å². The van der Waals surface area contributed by atoms with Crippen LogP contribution in [0.15, 0.2) is 46.6 Å². The molecule has 5 nitrogen and oxygen atoms in total. The maximum atomic E-state index is 10.2. The van der Waals surface area contributed by atoms with E-state index in [-0.39, 0.29) is 5.03 Å². The van der Waals surface area contributed by atoms with Gasteiger partial charge in [0.2, 0.25) is 0 Å². The number of rotatable bonds is 5. The molecule has 0 unspecified atom stereocenters. The summed E-state index contributed by atoms with van der Waals surface area (Å²) in [6, 6.07) is 1.82. The molecule has 2 N–H and O–H groups in total. The fourth-order valence-corrected chi connectivity index (χ4v) is 1.78. The summed E-state index contributed by atoms with van der Waals surface area (Å²) in [5, 5.41) is 10.0. The third-order valence-corrected chi connectivity index (χ3v) is 3.07. The van der Waals surface area contributed by atoms with Crippen molar-refractivity contribution in [1.82, 2.24) is 4.98 Å². The van der Waals surface area contributed by atoms with E-state index < -0.39 is 4.92 Å². The Labute approximate surface area is 108 Å². The van der Waals surface area contributed by atoms with Gasteiger partial charge >= 0.3 is 0 Å². The van der Waals surface area contributed by atoms with E-state index in [0.717, 1.165) is 4.90 Å². The van der Waals surface area contributed by atoms with E-state index in [1.807, 2.05) is 6.07 Å². The van der Waals surface area contributed by atoms with Gasteiger partial charge in [0, 0.05) is 22.9 Å². The van der Waals surface area contributed by atoms with E-state index >= 15 is 0 Å². The predicted molar refractivity (Wildman–Crippen MR) is 72.6 cm³/mol. The highest BCUT2D eigenvalue weighted by atomic mass is 32.2. The fraction of sp³-hybridized carbons (Fsp3) is 0.100. The van der Waals surface area contributed by atoms with Crippen molar-refractivity contribution >= 4 is 30.1 Å². The molecular formula is C10H11N3O2S2. The summed E-state index contributed by atoms with van der Waals surface area (Å²) in [6.07, 6.45) is 7.98. The first-order chi connectivity index (χ1) is 8.11. The van der Waals surface area contributed by atoms with Crippen LogP contribution in [0.2, 0.25) is 0 Å². The highest BCUT2D eigenvalue weighted by Crippen LogP contribution is 2.23. The predicted octanol–water partition coefficient (Wildman–Crippen LogP) is 2.36. The minimum atomic E-state index is -0.554. The summed E-state index contributed by atoms with van der Waals surface area (Å²) in [5.74, 6) is 0.670. The van der Waals surface area contributed by atoms with Crippen LogP contribution in [-0.2, 0) is 0 Å². The zero-order valence-electron chi connectivity index (χ0n) is 8.81. The third kappa shape index (κ3) is 4.92. The monoisotopic (exact) mass is 269 g/mol. The Kier molecular flexibility index (Phi) is 5.58. The van der Waals surface area contributed by atoms with Crippen LogP contribution in [0, 0.1) is 10.1 Å². The number of aromatic nitrogens is 1. The summed E-state index contributed by atoms with van der Waals surface area (Å²) in [5.41, 5.74) is 6.33. The summed E-state index contributed by atoms with van der Waals surface area (Å²) in [4.78, 5) is 14.5. The molecule has 0 saturated heterocycles. The minimum absolute atomic E-state index is 0.185. The molecule has 0 fully saturated rings. The molecule has 17 heavy (non-hydrogen) atoms. The van der Waals surface area contributed by atoms with Crippen LogP contribution in [-0.4, -0.2) is 15.7 Å². The molecule has 90 valence electrons. The van der Waals surface area contributed by atoms with E-state index in [1.165, 1.54) is 17.8 Å². The van der Waals surface area contributed by atoms with Gasteiger partial charge in [-0.15, -0.1) is 11.8 Å². The number of hydrogen-bond acceptors (Lipinski definition) is 6. The molecule has 1 heterocycles. The van der Waals surface area contributed by atoms with Crippen molar-refractivity contribution in [2.75, 3.05) is 11.5 Å². The Balaban J connectivity index is 2.44. The number of thioether (sulfide) groups is 1. The molecule has 1 aromatic heterocycles. The molecular weight excluding hydrogens is 258 g/mol. The van der Waals surface area contributed by atoms with Gasteiger partial charge in [0.15, 0.2) is 0 Å². The second-order valence-electron chi connectivity index (χ2n) is 2.93. The van der Waals surface area contributed by atoms with Crippen molar-refractivity contribution in [3.05, 3.63) is 51.8 Å². The fourth-order valence-electron chi connectivity index (χ4n) is 0.934. The number of nitrogen functional groups attached to an aromatic ring is 1. The lowest BCUT2D eigenvalue weighted by Crippen LogP contribution is -1.90. The van der Waals surface area contributed by atoms with Gasteiger partial charge in [-0.1, -0.05) is 24.8 Å². The Hall–Kier alpha value is -1.47. The van der Waals surface area contributed by atoms with Gasteiger partial charge in [-0.3, -0.25) is 15.1 Å². The number of hydrogen-bond donors (Lipinski definition) is 2. The summed E-state index contributed by atoms with van der Waals surface area (Å²) in [6.45, 7) is 0. The Morgan fingerprint density at radius 2 is 2.47 bits per heavy atom. The summed E-state index contributed by atoms with van der Waals surface area (Å²) < 4.78 is 0. The lowest BCUT2D eigenvalue weighted by Gasteiger charge is -2.00. The van der Waals surface area contributed by atoms with E-state index in [1.54, 1.807) is 24.5 Å². The standard InChI is InChI=1S/C10H11N3O2S2/c11-8-7-12-5-4-9(8)17-6-2-1-3-10(16)13(14)15/h1-5,7,16H,6,11H2/b2-1+,10-3-. The van der Waals surface area contributed by atoms with Crippen LogP contribution >= 0.6 is 24.4 Å². The number of nitro groups is 1. The van der Waals surface area contributed by atoms with Gasteiger partial charge in [0.05, 0.1) is 16.8 Å². The number of allylic oxidation sites excluding steroid dienone is 2. The molecule has 0 aliphatic carbocycles. The molecule has 0 saturated carbocycles. The first-order valence-electron chi connectivity index (χ1n) is 4.63. The number of nitrogens with zero attached hydrogens (tertiary/aromatic N) is 2. The average Bonchev–Trinajstić information content (AvgIpc) is 2.30. The maximum Gasteiger partial charge on any atom is 0.300 e. The molecule has 0 aliphatic heterocycles. The largest absolute Gasteiger partial charge is 0.397 e. The van der Waals surface area contributed by atoms with Crippen LogP contribution in [0.5, 0.6) is 0 Å². The third-order valence-electron chi connectivity index (χ3n) is 1.71. The molecule has 7 heteroatoms. The molecule has 1 rings (SSSR count). The van der Waals surface area contributed by atoms with Crippen LogP contribution < -0.4 is 5.73 Å². The number of thiol groups is 1. The van der Waals surface area contributed by atoms with E-state index in [0.29, 0.717) is 11.4 Å². The SMILES string of the molecule is Nc1cnccc1SC/C=C/C=C(\S)[N+](=O)[O-]. The Morgan fingerprint density at radius 3 is 3.12 bits per heavy atom. The topological polar surface area (TPSA) is 82.0 Å². The lowest BCUT2D eigenvalue weighted by atomic mass is 10.4. The van der Waals surface area contributed by atoms with Crippen molar-refractivity contribution in [3.63, 3.8) is 0 Å². The first kappa shape index (κ1) is 13.6. The van der Waals surface area contributed by atoms with Gasteiger partial charge in [-0.2, -0.15) is 0 Å². The van der Waals surface area contributed by atoms with Gasteiger partial charge in [-0.25, -0.2) is 0 Å². The molecule has 0 bridgehead atoms. The molecule has 0 spiro atoms.